The lowest BCUT2D eigenvalue weighted by molar-refractivity contribution is -0.222. The molecular weight excluding hydrogens is 312 g/mol. The first-order valence-corrected chi connectivity index (χ1v) is 8.90. The highest BCUT2D eigenvalue weighted by molar-refractivity contribution is 5.71. The van der Waals surface area contributed by atoms with E-state index in [0.717, 1.165) is 25.0 Å². The maximum Gasteiger partial charge on any atom is 0.171 e. The number of ether oxygens (including phenoxy) is 3. The zero-order valence-corrected chi connectivity index (χ0v) is 15.0. The summed E-state index contributed by atoms with van der Waals surface area (Å²) in [7, 11) is 1.73. The second-order valence-corrected chi connectivity index (χ2v) is 6.25. The van der Waals surface area contributed by atoms with Crippen LogP contribution < -0.4 is 4.74 Å². The quantitative estimate of drug-likeness (QED) is 0.648. The first-order chi connectivity index (χ1) is 12.3. The summed E-state index contributed by atoms with van der Waals surface area (Å²) in [6, 6.07) is 18.5. The number of benzene rings is 2. The lowest BCUT2D eigenvalue weighted by Gasteiger charge is -2.35. The fourth-order valence-corrected chi connectivity index (χ4v) is 3.28. The Kier molecular flexibility index (Phi) is 5.90. The van der Waals surface area contributed by atoms with Crippen molar-refractivity contribution in [1.29, 1.82) is 0 Å². The lowest BCUT2D eigenvalue weighted by Crippen LogP contribution is -2.36. The van der Waals surface area contributed by atoms with Crippen molar-refractivity contribution >= 4 is 5.57 Å². The summed E-state index contributed by atoms with van der Waals surface area (Å²) in [4.78, 5) is 0. The summed E-state index contributed by atoms with van der Waals surface area (Å²) in [5, 5.41) is 0. The van der Waals surface area contributed by atoms with Gasteiger partial charge in [0.15, 0.2) is 5.79 Å². The molecule has 0 aromatic heterocycles. The minimum atomic E-state index is -0.474. The van der Waals surface area contributed by atoms with Crippen LogP contribution in [0.25, 0.3) is 5.57 Å². The van der Waals surface area contributed by atoms with Gasteiger partial charge in [-0.3, -0.25) is 0 Å². The van der Waals surface area contributed by atoms with Crippen molar-refractivity contribution in [3.05, 3.63) is 71.8 Å². The molecule has 0 fully saturated rings. The number of rotatable bonds is 7. The minimum absolute atomic E-state index is 0.474. The number of para-hydroxylation sites is 1. The van der Waals surface area contributed by atoms with Crippen LogP contribution in [0.1, 0.15) is 37.3 Å². The van der Waals surface area contributed by atoms with Crippen molar-refractivity contribution in [3.63, 3.8) is 0 Å². The Morgan fingerprint density at radius 3 is 2.44 bits per heavy atom. The van der Waals surface area contributed by atoms with Gasteiger partial charge in [-0.2, -0.15) is 0 Å². The van der Waals surface area contributed by atoms with Gasteiger partial charge in [0.25, 0.3) is 0 Å². The van der Waals surface area contributed by atoms with Crippen molar-refractivity contribution in [3.8, 4) is 5.75 Å². The average molecular weight is 338 g/mol. The smallest absolute Gasteiger partial charge is 0.171 e. The Morgan fingerprint density at radius 1 is 1.00 bits per heavy atom. The van der Waals surface area contributed by atoms with E-state index in [9.17, 15) is 0 Å². The van der Waals surface area contributed by atoms with Crippen LogP contribution >= 0.6 is 0 Å². The summed E-state index contributed by atoms with van der Waals surface area (Å²) in [5.41, 5.74) is 3.64. The van der Waals surface area contributed by atoms with E-state index in [2.05, 4.69) is 30.3 Å². The zero-order valence-electron chi connectivity index (χ0n) is 15.0. The van der Waals surface area contributed by atoms with E-state index in [1.54, 1.807) is 7.11 Å². The third-order valence-electron chi connectivity index (χ3n) is 4.68. The van der Waals surface area contributed by atoms with Crippen LogP contribution in [-0.4, -0.2) is 19.5 Å². The Morgan fingerprint density at radius 2 is 1.76 bits per heavy atom. The molecule has 1 aliphatic rings. The van der Waals surface area contributed by atoms with Crippen molar-refractivity contribution in [1.82, 2.24) is 0 Å². The molecule has 0 amide bonds. The standard InChI is InChI=1S/C22H26O3/c1-3-25-22(23-2)15-13-19(14-16-22)20-11-7-8-12-21(20)24-17-18-9-5-4-6-10-18/h4-13H,3,14-17H2,1-2H3. The van der Waals surface area contributed by atoms with Gasteiger partial charge in [0.1, 0.15) is 12.4 Å². The van der Waals surface area contributed by atoms with E-state index in [0.29, 0.717) is 13.2 Å². The second kappa shape index (κ2) is 8.32. The van der Waals surface area contributed by atoms with Crippen LogP contribution in [0, 0.1) is 0 Å². The first-order valence-electron chi connectivity index (χ1n) is 8.90. The van der Waals surface area contributed by atoms with E-state index < -0.39 is 5.79 Å². The van der Waals surface area contributed by atoms with Gasteiger partial charge in [0.2, 0.25) is 0 Å². The maximum atomic E-state index is 6.10. The van der Waals surface area contributed by atoms with E-state index in [1.807, 2.05) is 37.3 Å². The predicted molar refractivity (Wildman–Crippen MR) is 100 cm³/mol. The maximum absolute atomic E-state index is 6.10. The zero-order chi connectivity index (χ0) is 17.5. The molecule has 2 aromatic carbocycles. The molecule has 0 aliphatic heterocycles. The summed E-state index contributed by atoms with van der Waals surface area (Å²) in [6.45, 7) is 3.24. The van der Waals surface area contributed by atoms with Crippen LogP contribution in [-0.2, 0) is 16.1 Å². The Hall–Kier alpha value is -2.10. The predicted octanol–water partition coefficient (Wildman–Crippen LogP) is 5.21. The molecule has 1 atom stereocenters. The number of hydrogen-bond acceptors (Lipinski definition) is 3. The molecule has 0 saturated heterocycles. The van der Waals surface area contributed by atoms with Crippen LogP contribution in [0.5, 0.6) is 5.75 Å². The van der Waals surface area contributed by atoms with E-state index in [4.69, 9.17) is 14.2 Å². The van der Waals surface area contributed by atoms with Crippen molar-refractivity contribution in [2.24, 2.45) is 0 Å². The molecule has 1 unspecified atom stereocenters. The summed E-state index contributed by atoms with van der Waals surface area (Å²) < 4.78 is 17.6. The van der Waals surface area contributed by atoms with Gasteiger partial charge in [-0.15, -0.1) is 0 Å². The molecule has 3 heteroatoms. The van der Waals surface area contributed by atoms with E-state index >= 15 is 0 Å². The van der Waals surface area contributed by atoms with E-state index in [1.165, 1.54) is 16.7 Å². The van der Waals surface area contributed by atoms with Crippen molar-refractivity contribution in [2.45, 2.75) is 38.6 Å². The monoisotopic (exact) mass is 338 g/mol. The molecule has 0 spiro atoms. The summed E-state index contributed by atoms with van der Waals surface area (Å²) in [6.07, 6.45) is 4.77. The molecule has 0 bridgehead atoms. The Balaban J connectivity index is 1.75. The molecule has 0 N–H and O–H groups in total. The highest BCUT2D eigenvalue weighted by atomic mass is 16.7. The van der Waals surface area contributed by atoms with Gasteiger partial charge in [-0.25, -0.2) is 0 Å². The molecule has 2 aromatic rings. The molecular formula is C22H26O3. The molecule has 1 aliphatic carbocycles. The molecule has 0 radical (unpaired) electrons. The molecule has 132 valence electrons. The van der Waals surface area contributed by atoms with Crippen molar-refractivity contribution in [2.75, 3.05) is 13.7 Å². The molecule has 25 heavy (non-hydrogen) atoms. The SMILES string of the molecule is CCOC1(OC)CC=C(c2ccccc2OCc2ccccc2)CC1. The third-order valence-corrected chi connectivity index (χ3v) is 4.68. The molecule has 3 nitrogen and oxygen atoms in total. The second-order valence-electron chi connectivity index (χ2n) is 6.25. The first kappa shape index (κ1) is 17.7. The van der Waals surface area contributed by atoms with Crippen molar-refractivity contribution < 1.29 is 14.2 Å². The molecule has 0 saturated carbocycles. The fraction of sp³-hybridized carbons (Fsp3) is 0.364. The van der Waals surface area contributed by atoms with Crippen LogP contribution in [0.15, 0.2) is 60.7 Å². The number of allylic oxidation sites excluding steroid dienone is 1. The van der Waals surface area contributed by atoms with Gasteiger partial charge in [0.05, 0.1) is 0 Å². The molecule has 3 rings (SSSR count). The normalized spacial score (nSPS) is 20.2. The number of hydrogen-bond donors (Lipinski definition) is 0. The summed E-state index contributed by atoms with van der Waals surface area (Å²) in [5.74, 6) is 0.455. The van der Waals surface area contributed by atoms with Gasteiger partial charge < -0.3 is 14.2 Å². The summed E-state index contributed by atoms with van der Waals surface area (Å²) >= 11 is 0. The van der Waals surface area contributed by atoms with E-state index in [-0.39, 0.29) is 0 Å². The van der Waals surface area contributed by atoms with Crippen LogP contribution in [0.2, 0.25) is 0 Å². The number of methoxy groups -OCH3 is 1. The van der Waals surface area contributed by atoms with Gasteiger partial charge in [-0.05, 0) is 30.5 Å². The Labute approximate surface area is 150 Å². The fourth-order valence-electron chi connectivity index (χ4n) is 3.28. The lowest BCUT2D eigenvalue weighted by atomic mass is 9.89. The topological polar surface area (TPSA) is 27.7 Å². The largest absolute Gasteiger partial charge is 0.488 e. The van der Waals surface area contributed by atoms with Gasteiger partial charge >= 0.3 is 0 Å². The van der Waals surface area contributed by atoms with Crippen LogP contribution in [0.3, 0.4) is 0 Å². The van der Waals surface area contributed by atoms with Crippen LogP contribution in [0.4, 0.5) is 0 Å². The molecule has 0 heterocycles. The highest BCUT2D eigenvalue weighted by Crippen LogP contribution is 2.38. The van der Waals surface area contributed by atoms with Gasteiger partial charge in [0, 0.05) is 32.1 Å². The average Bonchev–Trinajstić information content (AvgIpc) is 2.68. The van der Waals surface area contributed by atoms with Gasteiger partial charge in [-0.1, -0.05) is 54.6 Å². The minimum Gasteiger partial charge on any atom is -0.488 e. The third kappa shape index (κ3) is 4.30. The Bertz CT molecular complexity index is 708. The highest BCUT2D eigenvalue weighted by Gasteiger charge is 2.33.